The van der Waals surface area contributed by atoms with Gasteiger partial charge < -0.3 is 4.74 Å². The summed E-state index contributed by atoms with van der Waals surface area (Å²) >= 11 is 6.79. The van der Waals surface area contributed by atoms with Crippen molar-refractivity contribution in [2.45, 2.75) is 32.2 Å². The quantitative estimate of drug-likeness (QED) is 0.482. The lowest BCUT2D eigenvalue weighted by Crippen LogP contribution is -2.48. The van der Waals surface area contributed by atoms with Crippen LogP contribution in [0.1, 0.15) is 26.2 Å². The number of halogens is 2. The van der Waals surface area contributed by atoms with Gasteiger partial charge in [-0.25, -0.2) is 4.90 Å². The van der Waals surface area contributed by atoms with E-state index in [-0.39, 0.29) is 30.1 Å². The molecule has 2 fully saturated rings. The molecular weight excluding hydrogens is 468 g/mol. The van der Waals surface area contributed by atoms with Crippen molar-refractivity contribution in [3.8, 4) is 0 Å². The van der Waals surface area contributed by atoms with Gasteiger partial charge in [0.2, 0.25) is 5.91 Å². The van der Waals surface area contributed by atoms with Crippen molar-refractivity contribution in [3.05, 3.63) is 27.1 Å². The SMILES string of the molecule is CCOC(=O)C1CCCN(C2CC(=O)N(c3ccc(Br)cc3Br)C2=O)C1. The Kier molecular flexibility index (Phi) is 6.14. The second-order valence-electron chi connectivity index (χ2n) is 6.47. The lowest BCUT2D eigenvalue weighted by Gasteiger charge is -2.34. The van der Waals surface area contributed by atoms with Crippen LogP contribution in [0.25, 0.3) is 0 Å². The summed E-state index contributed by atoms with van der Waals surface area (Å²) in [4.78, 5) is 40.8. The summed E-state index contributed by atoms with van der Waals surface area (Å²) in [6.45, 7) is 3.29. The molecule has 140 valence electrons. The average Bonchev–Trinajstić information content (AvgIpc) is 2.90. The molecule has 1 aromatic carbocycles. The van der Waals surface area contributed by atoms with Gasteiger partial charge in [0.15, 0.2) is 0 Å². The van der Waals surface area contributed by atoms with Crippen LogP contribution in [0.2, 0.25) is 0 Å². The van der Waals surface area contributed by atoms with E-state index in [1.54, 1.807) is 25.1 Å². The highest BCUT2D eigenvalue weighted by atomic mass is 79.9. The van der Waals surface area contributed by atoms with Crippen molar-refractivity contribution in [2.75, 3.05) is 24.6 Å². The van der Waals surface area contributed by atoms with E-state index in [1.165, 1.54) is 4.90 Å². The number of benzene rings is 1. The van der Waals surface area contributed by atoms with Crippen molar-refractivity contribution >= 4 is 55.3 Å². The Hall–Kier alpha value is -1.25. The maximum Gasteiger partial charge on any atom is 0.310 e. The van der Waals surface area contributed by atoms with Gasteiger partial charge in [-0.15, -0.1) is 0 Å². The number of carbonyl (C=O) groups excluding carboxylic acids is 3. The highest BCUT2D eigenvalue weighted by molar-refractivity contribution is 9.11. The first-order chi connectivity index (χ1) is 12.4. The predicted octanol–water partition coefficient (Wildman–Crippen LogP) is 3.12. The molecule has 0 aliphatic carbocycles. The first kappa shape index (κ1) is 19.5. The normalized spacial score (nSPS) is 24.2. The van der Waals surface area contributed by atoms with E-state index in [4.69, 9.17) is 4.74 Å². The standard InChI is InChI=1S/C18H20Br2N2O4/c1-2-26-18(25)11-4-3-7-21(10-11)15-9-16(23)22(17(15)24)14-6-5-12(19)8-13(14)20/h5-6,8,11,15H,2-4,7,9-10H2,1H3. The van der Waals surface area contributed by atoms with Gasteiger partial charge in [0.05, 0.1) is 30.7 Å². The van der Waals surface area contributed by atoms with Crippen LogP contribution in [0.15, 0.2) is 27.1 Å². The van der Waals surface area contributed by atoms with E-state index in [2.05, 4.69) is 31.9 Å². The maximum absolute atomic E-state index is 13.0. The summed E-state index contributed by atoms with van der Waals surface area (Å²) in [5.74, 6) is -0.912. The number of piperidine rings is 1. The molecule has 2 atom stereocenters. The molecule has 0 aromatic heterocycles. The molecule has 0 saturated carbocycles. The van der Waals surface area contributed by atoms with Crippen LogP contribution in [0.3, 0.4) is 0 Å². The molecule has 1 aromatic rings. The minimum Gasteiger partial charge on any atom is -0.466 e. The molecule has 0 bridgehead atoms. The molecule has 2 unspecified atom stereocenters. The van der Waals surface area contributed by atoms with E-state index < -0.39 is 6.04 Å². The number of likely N-dealkylation sites (tertiary alicyclic amines) is 1. The van der Waals surface area contributed by atoms with Crippen LogP contribution < -0.4 is 4.90 Å². The van der Waals surface area contributed by atoms with Crippen LogP contribution in [-0.2, 0) is 19.1 Å². The van der Waals surface area contributed by atoms with Crippen LogP contribution in [0.4, 0.5) is 5.69 Å². The van der Waals surface area contributed by atoms with E-state index in [1.807, 2.05) is 4.90 Å². The number of amides is 2. The fraction of sp³-hybridized carbons (Fsp3) is 0.500. The number of nitrogens with zero attached hydrogens (tertiary/aromatic N) is 2. The topological polar surface area (TPSA) is 66.9 Å². The summed E-state index contributed by atoms with van der Waals surface area (Å²) in [6, 6.07) is 4.83. The van der Waals surface area contributed by atoms with Gasteiger partial charge in [-0.2, -0.15) is 0 Å². The molecule has 2 aliphatic heterocycles. The molecule has 0 radical (unpaired) electrons. The van der Waals surface area contributed by atoms with E-state index in [0.29, 0.717) is 29.9 Å². The van der Waals surface area contributed by atoms with Gasteiger partial charge in [0.1, 0.15) is 0 Å². The lowest BCUT2D eigenvalue weighted by molar-refractivity contribution is -0.150. The van der Waals surface area contributed by atoms with Gasteiger partial charge in [-0.3, -0.25) is 19.3 Å². The molecule has 0 N–H and O–H groups in total. The number of hydrogen-bond donors (Lipinski definition) is 0. The van der Waals surface area contributed by atoms with E-state index in [0.717, 1.165) is 17.3 Å². The third kappa shape index (κ3) is 3.87. The van der Waals surface area contributed by atoms with Crippen LogP contribution in [-0.4, -0.2) is 48.4 Å². The first-order valence-corrected chi connectivity index (χ1v) is 10.2. The smallest absolute Gasteiger partial charge is 0.310 e. The molecule has 0 spiro atoms. The fourth-order valence-electron chi connectivity index (χ4n) is 3.56. The van der Waals surface area contributed by atoms with E-state index >= 15 is 0 Å². The monoisotopic (exact) mass is 486 g/mol. The number of imide groups is 1. The number of ether oxygens (including phenoxy) is 1. The van der Waals surface area contributed by atoms with Crippen molar-refractivity contribution in [1.82, 2.24) is 4.90 Å². The maximum atomic E-state index is 13.0. The Morgan fingerprint density at radius 1 is 1.31 bits per heavy atom. The summed E-state index contributed by atoms with van der Waals surface area (Å²) in [5.41, 5.74) is 0.546. The Labute approximate surface area is 169 Å². The second kappa shape index (κ2) is 8.19. The number of hydrogen-bond acceptors (Lipinski definition) is 5. The van der Waals surface area contributed by atoms with Crippen molar-refractivity contribution in [1.29, 1.82) is 0 Å². The molecule has 2 saturated heterocycles. The molecule has 2 aliphatic rings. The van der Waals surface area contributed by atoms with Gasteiger partial charge in [0, 0.05) is 15.5 Å². The molecule has 2 heterocycles. The zero-order valence-electron chi connectivity index (χ0n) is 14.4. The third-order valence-electron chi connectivity index (χ3n) is 4.79. The highest BCUT2D eigenvalue weighted by Crippen LogP contribution is 2.34. The Balaban J connectivity index is 1.77. The number of carbonyl (C=O) groups is 3. The minimum atomic E-state index is -0.518. The molecule has 6 nitrogen and oxygen atoms in total. The highest BCUT2D eigenvalue weighted by Gasteiger charge is 2.45. The van der Waals surface area contributed by atoms with Crippen LogP contribution in [0.5, 0.6) is 0 Å². The lowest BCUT2D eigenvalue weighted by atomic mass is 9.96. The Morgan fingerprint density at radius 3 is 2.77 bits per heavy atom. The summed E-state index contributed by atoms with van der Waals surface area (Å²) in [7, 11) is 0. The Bertz CT molecular complexity index is 740. The van der Waals surface area contributed by atoms with Gasteiger partial charge >= 0.3 is 5.97 Å². The van der Waals surface area contributed by atoms with Gasteiger partial charge in [-0.1, -0.05) is 15.9 Å². The zero-order chi connectivity index (χ0) is 18.8. The minimum absolute atomic E-state index is 0.136. The summed E-state index contributed by atoms with van der Waals surface area (Å²) in [5, 5.41) is 0. The predicted molar refractivity (Wildman–Crippen MR) is 104 cm³/mol. The van der Waals surface area contributed by atoms with Gasteiger partial charge in [0.25, 0.3) is 5.91 Å². The average molecular weight is 488 g/mol. The molecule has 26 heavy (non-hydrogen) atoms. The fourth-order valence-corrected chi connectivity index (χ4v) is 4.78. The molecular formula is C18H20Br2N2O4. The molecule has 3 rings (SSSR count). The molecule has 8 heteroatoms. The van der Waals surface area contributed by atoms with Crippen LogP contribution >= 0.6 is 31.9 Å². The third-order valence-corrected chi connectivity index (χ3v) is 5.92. The van der Waals surface area contributed by atoms with Crippen molar-refractivity contribution in [3.63, 3.8) is 0 Å². The summed E-state index contributed by atoms with van der Waals surface area (Å²) in [6.07, 6.45) is 1.70. The number of esters is 1. The van der Waals surface area contributed by atoms with Crippen LogP contribution in [0, 0.1) is 5.92 Å². The first-order valence-electron chi connectivity index (χ1n) is 8.65. The summed E-state index contributed by atoms with van der Waals surface area (Å²) < 4.78 is 6.66. The zero-order valence-corrected chi connectivity index (χ0v) is 17.6. The van der Waals surface area contributed by atoms with E-state index in [9.17, 15) is 14.4 Å². The number of rotatable bonds is 4. The number of anilines is 1. The van der Waals surface area contributed by atoms with Crippen molar-refractivity contribution < 1.29 is 19.1 Å². The largest absolute Gasteiger partial charge is 0.466 e. The van der Waals surface area contributed by atoms with Gasteiger partial charge in [-0.05, 0) is 60.4 Å². The van der Waals surface area contributed by atoms with Crippen molar-refractivity contribution in [2.24, 2.45) is 5.92 Å². The molecule has 2 amide bonds. The second-order valence-corrected chi connectivity index (χ2v) is 8.24. The Morgan fingerprint density at radius 2 is 2.08 bits per heavy atom.